The minimum absolute atomic E-state index is 0.0982. The van der Waals surface area contributed by atoms with E-state index in [-0.39, 0.29) is 5.56 Å². The van der Waals surface area contributed by atoms with Gasteiger partial charge >= 0.3 is 0 Å². The number of H-pyrrole nitrogens is 1. The van der Waals surface area contributed by atoms with Crippen molar-refractivity contribution < 1.29 is 9.47 Å². The van der Waals surface area contributed by atoms with E-state index in [0.717, 1.165) is 35.9 Å². The lowest BCUT2D eigenvalue weighted by molar-refractivity contribution is 0.172. The van der Waals surface area contributed by atoms with Crippen LogP contribution in [-0.2, 0) is 13.0 Å². The van der Waals surface area contributed by atoms with Gasteiger partial charge in [0.25, 0.3) is 5.56 Å². The standard InChI is InChI=1S/C26H29N3O3S/c1-2-17-7-3-6-10-21(17)28-26(33)29(20-8-4-5-9-20)16-19-13-18-14-23-24(32-12-11-31-23)15-22(18)27-25(19)30/h3,6-7,10,13-15,20H,2,4-5,8-9,11-12,16H2,1H3,(H,27,30)(H,28,33). The van der Waals surface area contributed by atoms with Gasteiger partial charge in [-0.15, -0.1) is 0 Å². The number of benzene rings is 2. The molecule has 0 amide bonds. The predicted octanol–water partition coefficient (Wildman–Crippen LogP) is 5.00. The summed E-state index contributed by atoms with van der Waals surface area (Å²) in [4.78, 5) is 18.2. The first kappa shape index (κ1) is 21.8. The maximum absolute atomic E-state index is 13.0. The largest absolute Gasteiger partial charge is 0.486 e. The molecule has 1 fully saturated rings. The molecular weight excluding hydrogens is 434 g/mol. The zero-order valence-electron chi connectivity index (χ0n) is 18.9. The van der Waals surface area contributed by atoms with E-state index in [1.165, 1.54) is 18.4 Å². The number of hydrogen-bond donors (Lipinski definition) is 2. The van der Waals surface area contributed by atoms with Crippen molar-refractivity contribution >= 4 is 33.9 Å². The first-order valence-electron chi connectivity index (χ1n) is 11.7. The van der Waals surface area contributed by atoms with Gasteiger partial charge in [-0.25, -0.2) is 0 Å². The Balaban J connectivity index is 1.45. The highest BCUT2D eigenvalue weighted by Gasteiger charge is 2.26. The highest BCUT2D eigenvalue weighted by Crippen LogP contribution is 2.34. The van der Waals surface area contributed by atoms with Crippen molar-refractivity contribution in [1.29, 1.82) is 0 Å². The Hall–Kier alpha value is -3.06. The summed E-state index contributed by atoms with van der Waals surface area (Å²) in [6.07, 6.45) is 5.47. The van der Waals surface area contributed by atoms with Crippen LogP contribution in [0.1, 0.15) is 43.7 Å². The van der Waals surface area contributed by atoms with Gasteiger partial charge in [0.2, 0.25) is 0 Å². The minimum Gasteiger partial charge on any atom is -0.486 e. The van der Waals surface area contributed by atoms with Crippen molar-refractivity contribution in [3.05, 3.63) is 63.9 Å². The molecule has 0 atom stereocenters. The summed E-state index contributed by atoms with van der Waals surface area (Å²) in [5, 5.41) is 5.06. The van der Waals surface area contributed by atoms with Gasteiger partial charge in [-0.3, -0.25) is 4.79 Å². The monoisotopic (exact) mass is 463 g/mol. The van der Waals surface area contributed by atoms with Gasteiger partial charge in [0, 0.05) is 28.7 Å². The SMILES string of the molecule is CCc1ccccc1NC(=S)N(Cc1cc2cc3c(cc2[nH]c1=O)OCCO3)C1CCCC1. The van der Waals surface area contributed by atoms with Crippen LogP contribution in [0.4, 0.5) is 5.69 Å². The smallest absolute Gasteiger partial charge is 0.253 e. The van der Waals surface area contributed by atoms with Crippen LogP contribution in [0.5, 0.6) is 11.5 Å². The van der Waals surface area contributed by atoms with Crippen LogP contribution >= 0.6 is 12.2 Å². The summed E-state index contributed by atoms with van der Waals surface area (Å²) in [6.45, 7) is 3.65. The number of nitrogens with zero attached hydrogens (tertiary/aromatic N) is 1. The molecule has 3 aromatic rings. The minimum atomic E-state index is -0.0982. The summed E-state index contributed by atoms with van der Waals surface area (Å²) in [6, 6.07) is 14.3. The molecule has 2 heterocycles. The molecule has 6 nitrogen and oxygen atoms in total. The highest BCUT2D eigenvalue weighted by molar-refractivity contribution is 7.80. The number of aryl methyl sites for hydroxylation is 1. The van der Waals surface area contributed by atoms with Crippen molar-refractivity contribution in [3.63, 3.8) is 0 Å². The molecule has 0 saturated heterocycles. The maximum atomic E-state index is 13.0. The van der Waals surface area contributed by atoms with Crippen molar-refractivity contribution in [2.75, 3.05) is 18.5 Å². The average molecular weight is 464 g/mol. The lowest BCUT2D eigenvalue weighted by atomic mass is 10.1. The molecule has 5 rings (SSSR count). The van der Waals surface area contributed by atoms with E-state index in [9.17, 15) is 4.79 Å². The number of hydrogen-bond acceptors (Lipinski definition) is 4. The average Bonchev–Trinajstić information content (AvgIpc) is 3.36. The predicted molar refractivity (Wildman–Crippen MR) is 135 cm³/mol. The number of thiocarbonyl (C=S) groups is 1. The lowest BCUT2D eigenvalue weighted by Gasteiger charge is -2.32. The first-order chi connectivity index (χ1) is 16.1. The van der Waals surface area contributed by atoms with E-state index in [0.29, 0.717) is 48.0 Å². The van der Waals surface area contributed by atoms with Gasteiger partial charge in [0.1, 0.15) is 13.2 Å². The van der Waals surface area contributed by atoms with Gasteiger partial charge in [0.05, 0.1) is 12.1 Å². The second-order valence-electron chi connectivity index (χ2n) is 8.71. The van der Waals surface area contributed by atoms with Crippen LogP contribution in [0.15, 0.2) is 47.3 Å². The van der Waals surface area contributed by atoms with Crippen molar-refractivity contribution in [3.8, 4) is 11.5 Å². The highest BCUT2D eigenvalue weighted by atomic mass is 32.1. The third kappa shape index (κ3) is 4.55. The van der Waals surface area contributed by atoms with Gasteiger partial charge in [-0.2, -0.15) is 0 Å². The van der Waals surface area contributed by atoms with E-state index in [1.54, 1.807) is 0 Å². The Morgan fingerprint density at radius 2 is 1.82 bits per heavy atom. The van der Waals surface area contributed by atoms with Gasteiger partial charge in [-0.1, -0.05) is 38.0 Å². The molecule has 172 valence electrons. The summed E-state index contributed by atoms with van der Waals surface area (Å²) in [7, 11) is 0. The second-order valence-corrected chi connectivity index (χ2v) is 9.10. The topological polar surface area (TPSA) is 66.6 Å². The molecule has 0 spiro atoms. The molecule has 33 heavy (non-hydrogen) atoms. The first-order valence-corrected chi connectivity index (χ1v) is 12.1. The number of aromatic amines is 1. The Morgan fingerprint density at radius 1 is 1.09 bits per heavy atom. The molecule has 1 aliphatic heterocycles. The zero-order chi connectivity index (χ0) is 22.8. The van der Waals surface area contributed by atoms with Gasteiger partial charge in [0.15, 0.2) is 16.6 Å². The molecule has 1 aliphatic carbocycles. The summed E-state index contributed by atoms with van der Waals surface area (Å²) < 4.78 is 11.4. The van der Waals surface area contributed by atoms with Crippen molar-refractivity contribution in [2.24, 2.45) is 0 Å². The fourth-order valence-corrected chi connectivity index (χ4v) is 5.13. The van der Waals surface area contributed by atoms with E-state index < -0.39 is 0 Å². The normalized spacial score (nSPS) is 15.5. The molecule has 1 saturated carbocycles. The summed E-state index contributed by atoms with van der Waals surface area (Å²) in [5.74, 6) is 1.39. The Labute approximate surface area is 198 Å². The Bertz CT molecular complexity index is 1230. The van der Waals surface area contributed by atoms with Crippen LogP contribution in [0.3, 0.4) is 0 Å². The lowest BCUT2D eigenvalue weighted by Crippen LogP contribution is -2.42. The van der Waals surface area contributed by atoms with E-state index in [1.807, 2.05) is 30.3 Å². The molecule has 2 aliphatic rings. The van der Waals surface area contributed by atoms with E-state index in [2.05, 4.69) is 34.3 Å². The molecule has 7 heteroatoms. The third-order valence-corrected chi connectivity index (χ3v) is 6.93. The maximum Gasteiger partial charge on any atom is 0.253 e. The zero-order valence-corrected chi connectivity index (χ0v) is 19.7. The van der Waals surface area contributed by atoms with Gasteiger partial charge < -0.3 is 24.7 Å². The molecule has 2 N–H and O–H groups in total. The quantitative estimate of drug-likeness (QED) is 0.519. The number of nitrogens with one attached hydrogen (secondary N) is 2. The third-order valence-electron chi connectivity index (χ3n) is 6.59. The second kappa shape index (κ2) is 9.43. The van der Waals surface area contributed by atoms with E-state index >= 15 is 0 Å². The Morgan fingerprint density at radius 3 is 2.58 bits per heavy atom. The number of para-hydroxylation sites is 1. The molecule has 2 aromatic carbocycles. The van der Waals surface area contributed by atoms with E-state index in [4.69, 9.17) is 21.7 Å². The molecule has 0 radical (unpaired) electrons. The molecule has 0 unspecified atom stereocenters. The number of fused-ring (bicyclic) bond motifs is 2. The van der Waals surface area contributed by atoms with Crippen LogP contribution in [-0.4, -0.2) is 34.3 Å². The number of pyridine rings is 1. The summed E-state index contributed by atoms with van der Waals surface area (Å²) in [5.41, 5.74) is 3.60. The number of aromatic nitrogens is 1. The van der Waals surface area contributed by atoms with Crippen molar-refractivity contribution in [1.82, 2.24) is 9.88 Å². The van der Waals surface area contributed by atoms with Crippen LogP contribution in [0, 0.1) is 0 Å². The molecule has 1 aromatic heterocycles. The fraction of sp³-hybridized carbons (Fsp3) is 0.385. The molecule has 0 bridgehead atoms. The number of anilines is 1. The van der Waals surface area contributed by atoms with Crippen LogP contribution < -0.4 is 20.3 Å². The molecular formula is C26H29N3O3S. The van der Waals surface area contributed by atoms with Crippen molar-refractivity contribution in [2.45, 2.75) is 51.6 Å². The fourth-order valence-electron chi connectivity index (χ4n) is 4.81. The Kier molecular flexibility index (Phi) is 6.22. The van der Waals surface area contributed by atoms with Crippen LogP contribution in [0.2, 0.25) is 0 Å². The van der Waals surface area contributed by atoms with Crippen LogP contribution in [0.25, 0.3) is 10.9 Å². The number of ether oxygens (including phenoxy) is 2. The number of rotatable bonds is 5. The summed E-state index contributed by atoms with van der Waals surface area (Å²) >= 11 is 5.89. The van der Waals surface area contributed by atoms with Gasteiger partial charge in [-0.05, 0) is 55.2 Å².